The second kappa shape index (κ2) is 9.75. The SMILES string of the molecule is CCCOC(=CCF)CCCCC(=O)N(C)C1COC1. The summed E-state index contributed by atoms with van der Waals surface area (Å²) < 4.78 is 22.9. The molecular formula is C15H26FNO3. The van der Waals surface area contributed by atoms with Crippen LogP contribution >= 0.6 is 0 Å². The third kappa shape index (κ3) is 5.90. The summed E-state index contributed by atoms with van der Waals surface area (Å²) in [4.78, 5) is 13.7. The van der Waals surface area contributed by atoms with Crippen molar-refractivity contribution >= 4 is 5.91 Å². The summed E-state index contributed by atoms with van der Waals surface area (Å²) in [5, 5.41) is 0. The van der Waals surface area contributed by atoms with E-state index in [1.54, 1.807) is 4.90 Å². The molecule has 116 valence electrons. The summed E-state index contributed by atoms with van der Waals surface area (Å²) >= 11 is 0. The molecule has 4 nitrogen and oxygen atoms in total. The van der Waals surface area contributed by atoms with Crippen molar-refractivity contribution in [3.05, 3.63) is 11.8 Å². The monoisotopic (exact) mass is 287 g/mol. The number of allylic oxidation sites excluding steroid dienone is 2. The molecule has 5 heteroatoms. The lowest BCUT2D eigenvalue weighted by Crippen LogP contribution is -2.49. The number of ether oxygens (including phenoxy) is 2. The van der Waals surface area contributed by atoms with Gasteiger partial charge >= 0.3 is 0 Å². The highest BCUT2D eigenvalue weighted by Gasteiger charge is 2.26. The number of amides is 1. The van der Waals surface area contributed by atoms with Crippen LogP contribution < -0.4 is 0 Å². The predicted molar refractivity (Wildman–Crippen MR) is 76.1 cm³/mol. The van der Waals surface area contributed by atoms with E-state index in [4.69, 9.17) is 9.47 Å². The Morgan fingerprint density at radius 1 is 1.40 bits per heavy atom. The Labute approximate surface area is 120 Å². The highest BCUT2D eigenvalue weighted by atomic mass is 19.1. The van der Waals surface area contributed by atoms with Crippen LogP contribution in [-0.4, -0.2) is 50.4 Å². The molecule has 0 atom stereocenters. The number of nitrogens with zero attached hydrogens (tertiary/aromatic N) is 1. The molecule has 0 N–H and O–H groups in total. The van der Waals surface area contributed by atoms with Crippen LogP contribution in [0.1, 0.15) is 39.0 Å². The molecule has 0 aromatic heterocycles. The Bertz CT molecular complexity index is 316. The van der Waals surface area contributed by atoms with Gasteiger partial charge in [0.05, 0.1) is 31.6 Å². The minimum atomic E-state index is -0.498. The van der Waals surface area contributed by atoms with E-state index < -0.39 is 6.67 Å². The number of likely N-dealkylation sites (N-methyl/N-ethyl adjacent to an activating group) is 1. The Hall–Kier alpha value is -1.10. The van der Waals surface area contributed by atoms with E-state index in [9.17, 15) is 9.18 Å². The molecule has 1 aliphatic rings. The summed E-state index contributed by atoms with van der Waals surface area (Å²) in [6, 6.07) is 0.248. The van der Waals surface area contributed by atoms with Crippen LogP contribution in [0.5, 0.6) is 0 Å². The van der Waals surface area contributed by atoms with E-state index in [0.29, 0.717) is 38.4 Å². The summed E-state index contributed by atoms with van der Waals surface area (Å²) in [5.74, 6) is 0.867. The smallest absolute Gasteiger partial charge is 0.222 e. The van der Waals surface area contributed by atoms with Crippen molar-refractivity contribution in [1.82, 2.24) is 4.90 Å². The highest BCUT2D eigenvalue weighted by Crippen LogP contribution is 2.14. The van der Waals surface area contributed by atoms with Gasteiger partial charge in [-0.25, -0.2) is 4.39 Å². The summed E-state index contributed by atoms with van der Waals surface area (Å²) in [6.07, 6.45) is 5.27. The molecule has 0 spiro atoms. The van der Waals surface area contributed by atoms with Crippen LogP contribution in [-0.2, 0) is 14.3 Å². The molecule has 0 aliphatic carbocycles. The van der Waals surface area contributed by atoms with Gasteiger partial charge in [0.25, 0.3) is 0 Å². The fourth-order valence-corrected chi connectivity index (χ4v) is 1.95. The van der Waals surface area contributed by atoms with E-state index in [0.717, 1.165) is 19.3 Å². The maximum absolute atomic E-state index is 12.3. The molecule has 1 fully saturated rings. The van der Waals surface area contributed by atoms with Gasteiger partial charge < -0.3 is 14.4 Å². The van der Waals surface area contributed by atoms with Crippen LogP contribution in [0.15, 0.2) is 11.8 Å². The fraction of sp³-hybridized carbons (Fsp3) is 0.800. The van der Waals surface area contributed by atoms with Crippen molar-refractivity contribution in [3.8, 4) is 0 Å². The molecule has 20 heavy (non-hydrogen) atoms. The second-order valence-corrected chi connectivity index (χ2v) is 5.08. The first-order chi connectivity index (χ1) is 9.69. The van der Waals surface area contributed by atoms with E-state index in [1.807, 2.05) is 14.0 Å². The molecule has 1 heterocycles. The number of halogens is 1. The van der Waals surface area contributed by atoms with Crippen LogP contribution in [0.25, 0.3) is 0 Å². The molecule has 0 radical (unpaired) electrons. The largest absolute Gasteiger partial charge is 0.498 e. The van der Waals surface area contributed by atoms with Crippen molar-refractivity contribution in [2.24, 2.45) is 0 Å². The van der Waals surface area contributed by atoms with E-state index >= 15 is 0 Å². The number of alkyl halides is 1. The van der Waals surface area contributed by atoms with Gasteiger partial charge in [-0.1, -0.05) is 6.92 Å². The Balaban J connectivity index is 2.15. The number of rotatable bonds is 10. The third-order valence-electron chi connectivity index (χ3n) is 3.42. The van der Waals surface area contributed by atoms with Crippen molar-refractivity contribution in [2.75, 3.05) is 33.5 Å². The van der Waals surface area contributed by atoms with Crippen LogP contribution in [0, 0.1) is 0 Å². The minimum Gasteiger partial charge on any atom is -0.498 e. The van der Waals surface area contributed by atoms with Gasteiger partial charge in [-0.2, -0.15) is 0 Å². The number of carbonyl (C=O) groups excluding carboxylic acids is 1. The topological polar surface area (TPSA) is 38.8 Å². The van der Waals surface area contributed by atoms with Gasteiger partial charge in [-0.15, -0.1) is 0 Å². The first-order valence-electron chi connectivity index (χ1n) is 7.40. The van der Waals surface area contributed by atoms with Gasteiger partial charge in [0.15, 0.2) is 0 Å². The van der Waals surface area contributed by atoms with Gasteiger partial charge in [0.1, 0.15) is 6.67 Å². The van der Waals surface area contributed by atoms with Crippen LogP contribution in [0.3, 0.4) is 0 Å². The zero-order valence-electron chi connectivity index (χ0n) is 12.6. The zero-order valence-corrected chi connectivity index (χ0v) is 12.6. The molecule has 0 saturated carbocycles. The van der Waals surface area contributed by atoms with Gasteiger partial charge in [0.2, 0.25) is 5.91 Å². The molecule has 1 saturated heterocycles. The number of hydrogen-bond acceptors (Lipinski definition) is 3. The number of hydrogen-bond donors (Lipinski definition) is 0. The molecule has 1 rings (SSSR count). The standard InChI is InChI=1S/C15H26FNO3/c1-3-10-20-14(8-9-16)6-4-5-7-15(18)17(2)13-11-19-12-13/h8,13H,3-7,9-12H2,1-2H3. The summed E-state index contributed by atoms with van der Waals surface area (Å²) in [6.45, 7) is 3.44. The second-order valence-electron chi connectivity index (χ2n) is 5.08. The lowest BCUT2D eigenvalue weighted by atomic mass is 10.1. The Morgan fingerprint density at radius 3 is 2.65 bits per heavy atom. The maximum Gasteiger partial charge on any atom is 0.222 e. The van der Waals surface area contributed by atoms with Gasteiger partial charge in [0, 0.05) is 19.9 Å². The average Bonchev–Trinajstić information content (AvgIpc) is 2.38. The molecule has 1 amide bonds. The lowest BCUT2D eigenvalue weighted by Gasteiger charge is -2.34. The van der Waals surface area contributed by atoms with E-state index in [2.05, 4.69) is 0 Å². The molecular weight excluding hydrogens is 261 g/mol. The van der Waals surface area contributed by atoms with Crippen molar-refractivity contribution in [3.63, 3.8) is 0 Å². The molecule has 0 bridgehead atoms. The summed E-state index contributed by atoms with van der Waals surface area (Å²) in [5.41, 5.74) is 0. The van der Waals surface area contributed by atoms with Crippen molar-refractivity contribution in [2.45, 2.75) is 45.1 Å². The summed E-state index contributed by atoms with van der Waals surface area (Å²) in [7, 11) is 1.83. The van der Waals surface area contributed by atoms with Gasteiger partial charge in [-0.3, -0.25) is 4.79 Å². The Kier molecular flexibility index (Phi) is 8.26. The first kappa shape index (κ1) is 17.0. The maximum atomic E-state index is 12.3. The average molecular weight is 287 g/mol. The lowest BCUT2D eigenvalue weighted by molar-refractivity contribution is -0.141. The first-order valence-corrected chi connectivity index (χ1v) is 7.40. The minimum absolute atomic E-state index is 0.156. The molecule has 1 aliphatic heterocycles. The number of carbonyl (C=O) groups is 1. The fourth-order valence-electron chi connectivity index (χ4n) is 1.95. The predicted octanol–water partition coefficient (Wildman–Crippen LogP) is 2.68. The third-order valence-corrected chi connectivity index (χ3v) is 3.42. The van der Waals surface area contributed by atoms with Crippen molar-refractivity contribution in [1.29, 1.82) is 0 Å². The Morgan fingerprint density at radius 2 is 2.10 bits per heavy atom. The molecule has 0 aromatic rings. The van der Waals surface area contributed by atoms with Crippen LogP contribution in [0.4, 0.5) is 4.39 Å². The normalized spacial score (nSPS) is 15.8. The van der Waals surface area contributed by atoms with Gasteiger partial charge in [-0.05, 0) is 25.3 Å². The highest BCUT2D eigenvalue weighted by molar-refractivity contribution is 5.76. The van der Waals surface area contributed by atoms with E-state index in [-0.39, 0.29) is 11.9 Å². The number of unbranched alkanes of at least 4 members (excludes halogenated alkanes) is 1. The zero-order chi connectivity index (χ0) is 14.8. The van der Waals surface area contributed by atoms with E-state index in [1.165, 1.54) is 6.08 Å². The van der Waals surface area contributed by atoms with Crippen molar-refractivity contribution < 1.29 is 18.7 Å². The molecule has 0 unspecified atom stereocenters. The molecule has 0 aromatic carbocycles. The van der Waals surface area contributed by atoms with Crippen LogP contribution in [0.2, 0.25) is 0 Å². The quantitative estimate of drug-likeness (QED) is 0.458.